The maximum atomic E-state index is 11.5. The molecular weight excluding hydrogens is 310 g/mol. The average molecular weight is 333 g/mol. The van der Waals surface area contributed by atoms with E-state index in [2.05, 4.69) is 9.88 Å². The van der Waals surface area contributed by atoms with Gasteiger partial charge in [0.15, 0.2) is 0 Å². The van der Waals surface area contributed by atoms with E-state index in [1.165, 1.54) is 6.26 Å². The van der Waals surface area contributed by atoms with Crippen molar-refractivity contribution in [3.63, 3.8) is 0 Å². The van der Waals surface area contributed by atoms with Crippen molar-refractivity contribution in [2.75, 3.05) is 25.1 Å². The number of hydrogen-bond donors (Lipinski definition) is 1. The maximum absolute atomic E-state index is 11.5. The van der Waals surface area contributed by atoms with Crippen molar-refractivity contribution < 1.29 is 8.42 Å². The van der Waals surface area contributed by atoms with Crippen LogP contribution in [0.4, 0.5) is 0 Å². The Morgan fingerprint density at radius 3 is 2.78 bits per heavy atom. The van der Waals surface area contributed by atoms with Crippen LogP contribution >= 0.6 is 0 Å². The van der Waals surface area contributed by atoms with E-state index in [0.717, 1.165) is 42.9 Å². The highest BCUT2D eigenvalue weighted by Gasteiger charge is 2.26. The van der Waals surface area contributed by atoms with Gasteiger partial charge < -0.3 is 4.98 Å². The molecule has 0 saturated carbocycles. The molecule has 23 heavy (non-hydrogen) atoms. The summed E-state index contributed by atoms with van der Waals surface area (Å²) < 4.78 is 22.9. The van der Waals surface area contributed by atoms with Gasteiger partial charge in [-0.3, -0.25) is 4.90 Å². The van der Waals surface area contributed by atoms with E-state index in [9.17, 15) is 8.42 Å². The molecule has 1 atom stereocenters. The summed E-state index contributed by atoms with van der Waals surface area (Å²) in [6.45, 7) is 1.51. The van der Waals surface area contributed by atoms with Crippen molar-refractivity contribution in [1.82, 2.24) is 14.9 Å². The fourth-order valence-electron chi connectivity index (χ4n) is 3.12. The lowest BCUT2D eigenvalue weighted by Gasteiger charge is -2.34. The van der Waals surface area contributed by atoms with E-state index in [0.29, 0.717) is 6.54 Å². The molecule has 0 amide bonds. The van der Waals surface area contributed by atoms with Crippen LogP contribution in [0.15, 0.2) is 36.5 Å². The number of benzene rings is 1. The number of hydrogen-bond acceptors (Lipinski definition) is 4. The van der Waals surface area contributed by atoms with Gasteiger partial charge in [-0.1, -0.05) is 36.8 Å². The van der Waals surface area contributed by atoms with Crippen LogP contribution in [-0.2, 0) is 9.84 Å². The zero-order valence-corrected chi connectivity index (χ0v) is 14.2. The van der Waals surface area contributed by atoms with Crippen molar-refractivity contribution in [1.29, 1.82) is 0 Å². The zero-order valence-electron chi connectivity index (χ0n) is 13.4. The first-order chi connectivity index (χ1) is 11.0. The SMILES string of the molecule is CS(=O)(=O)CCN1CCCCC1c1nc(-c2ccccc2)c[nH]1. The predicted molar refractivity (Wildman–Crippen MR) is 91.9 cm³/mol. The highest BCUT2D eigenvalue weighted by molar-refractivity contribution is 7.90. The smallest absolute Gasteiger partial charge is 0.148 e. The first kappa shape index (κ1) is 16.2. The van der Waals surface area contributed by atoms with Gasteiger partial charge in [0.05, 0.1) is 17.5 Å². The monoisotopic (exact) mass is 333 g/mol. The molecule has 0 spiro atoms. The third kappa shape index (κ3) is 4.20. The lowest BCUT2D eigenvalue weighted by atomic mass is 10.0. The highest BCUT2D eigenvalue weighted by atomic mass is 32.2. The van der Waals surface area contributed by atoms with Gasteiger partial charge in [-0.15, -0.1) is 0 Å². The van der Waals surface area contributed by atoms with E-state index in [-0.39, 0.29) is 11.8 Å². The second kappa shape index (κ2) is 6.84. The molecule has 1 N–H and O–H groups in total. The summed E-state index contributed by atoms with van der Waals surface area (Å²) in [5.74, 6) is 1.15. The molecule has 6 heteroatoms. The second-order valence-corrected chi connectivity index (χ2v) is 8.47. The molecule has 5 nitrogen and oxygen atoms in total. The summed E-state index contributed by atoms with van der Waals surface area (Å²) in [5.41, 5.74) is 2.03. The molecule has 1 aromatic carbocycles. The molecule has 1 fully saturated rings. The Labute approximate surface area is 137 Å². The van der Waals surface area contributed by atoms with Crippen LogP contribution in [0, 0.1) is 0 Å². The van der Waals surface area contributed by atoms with E-state index >= 15 is 0 Å². The number of aromatic nitrogens is 2. The van der Waals surface area contributed by atoms with Crippen LogP contribution in [0.5, 0.6) is 0 Å². The van der Waals surface area contributed by atoms with Crippen LogP contribution in [0.1, 0.15) is 31.1 Å². The zero-order chi connectivity index (χ0) is 16.3. The number of sulfone groups is 1. The summed E-state index contributed by atoms with van der Waals surface area (Å²) in [5, 5.41) is 0. The summed E-state index contributed by atoms with van der Waals surface area (Å²) in [4.78, 5) is 10.3. The molecule has 1 aliphatic heterocycles. The summed E-state index contributed by atoms with van der Waals surface area (Å²) in [6.07, 6.45) is 6.53. The Morgan fingerprint density at radius 2 is 2.04 bits per heavy atom. The van der Waals surface area contributed by atoms with E-state index in [4.69, 9.17) is 4.98 Å². The largest absolute Gasteiger partial charge is 0.347 e. The number of rotatable bonds is 5. The van der Waals surface area contributed by atoms with Crippen molar-refractivity contribution in [3.05, 3.63) is 42.4 Å². The molecule has 2 heterocycles. The van der Waals surface area contributed by atoms with Crippen molar-refractivity contribution in [2.45, 2.75) is 25.3 Å². The van der Waals surface area contributed by atoms with Crippen molar-refractivity contribution >= 4 is 9.84 Å². The van der Waals surface area contributed by atoms with E-state index in [1.807, 2.05) is 36.5 Å². The minimum Gasteiger partial charge on any atom is -0.347 e. The standard InChI is InChI=1S/C17H23N3O2S/c1-23(21,22)12-11-20-10-6-5-9-16(20)17-18-13-15(19-17)14-7-3-2-4-8-14/h2-4,7-8,13,16H,5-6,9-12H2,1H3,(H,18,19). The number of piperidine rings is 1. The normalized spacial score (nSPS) is 19.8. The van der Waals surface area contributed by atoms with Crippen LogP contribution < -0.4 is 0 Å². The van der Waals surface area contributed by atoms with Crippen LogP contribution in [0.3, 0.4) is 0 Å². The number of aromatic amines is 1. The van der Waals surface area contributed by atoms with E-state index < -0.39 is 9.84 Å². The second-order valence-electron chi connectivity index (χ2n) is 6.21. The first-order valence-electron chi connectivity index (χ1n) is 8.05. The van der Waals surface area contributed by atoms with Gasteiger partial charge in [-0.25, -0.2) is 13.4 Å². The third-order valence-corrected chi connectivity index (χ3v) is 5.27. The fraction of sp³-hybridized carbons (Fsp3) is 0.471. The molecule has 3 rings (SSSR count). The van der Waals surface area contributed by atoms with E-state index in [1.54, 1.807) is 0 Å². The molecule has 2 aromatic rings. The summed E-state index contributed by atoms with van der Waals surface area (Å²) in [7, 11) is -2.94. The highest BCUT2D eigenvalue weighted by Crippen LogP contribution is 2.30. The summed E-state index contributed by atoms with van der Waals surface area (Å²) in [6, 6.07) is 10.3. The quantitative estimate of drug-likeness (QED) is 0.913. The number of likely N-dealkylation sites (tertiary alicyclic amines) is 1. The van der Waals surface area contributed by atoms with Gasteiger partial charge in [-0.05, 0) is 19.4 Å². The minimum atomic E-state index is -2.94. The van der Waals surface area contributed by atoms with Gasteiger partial charge >= 0.3 is 0 Å². The fourth-order valence-corrected chi connectivity index (χ4v) is 3.68. The van der Waals surface area contributed by atoms with Gasteiger partial charge in [0.1, 0.15) is 15.7 Å². The molecular formula is C17H23N3O2S. The molecule has 0 aliphatic carbocycles. The Bertz CT molecular complexity index is 740. The summed E-state index contributed by atoms with van der Waals surface area (Å²) >= 11 is 0. The predicted octanol–water partition coefficient (Wildman–Crippen LogP) is 2.65. The number of H-pyrrole nitrogens is 1. The first-order valence-corrected chi connectivity index (χ1v) is 10.1. The minimum absolute atomic E-state index is 0.183. The lowest BCUT2D eigenvalue weighted by molar-refractivity contribution is 0.152. The molecule has 1 saturated heterocycles. The van der Waals surface area contributed by atoms with Crippen LogP contribution in [0.2, 0.25) is 0 Å². The number of nitrogens with one attached hydrogen (secondary N) is 1. The Balaban J connectivity index is 1.77. The molecule has 124 valence electrons. The van der Waals surface area contributed by atoms with Gasteiger partial charge in [0.2, 0.25) is 0 Å². The molecule has 1 unspecified atom stereocenters. The molecule has 1 aliphatic rings. The number of nitrogens with zero attached hydrogens (tertiary/aromatic N) is 2. The van der Waals surface area contributed by atoms with Gasteiger partial charge in [0.25, 0.3) is 0 Å². The Morgan fingerprint density at radius 1 is 1.26 bits per heavy atom. The molecule has 0 radical (unpaired) electrons. The van der Waals surface area contributed by atoms with Gasteiger partial charge in [-0.2, -0.15) is 0 Å². The molecule has 1 aromatic heterocycles. The van der Waals surface area contributed by atoms with Crippen molar-refractivity contribution in [2.24, 2.45) is 0 Å². The Hall–Kier alpha value is -1.66. The average Bonchev–Trinajstić information content (AvgIpc) is 3.03. The maximum Gasteiger partial charge on any atom is 0.148 e. The van der Waals surface area contributed by atoms with Crippen LogP contribution in [0.25, 0.3) is 11.3 Å². The topological polar surface area (TPSA) is 66.1 Å². The van der Waals surface area contributed by atoms with Crippen molar-refractivity contribution in [3.8, 4) is 11.3 Å². The van der Waals surface area contributed by atoms with Gasteiger partial charge in [0, 0.05) is 24.6 Å². The number of imidazole rings is 1. The molecule has 0 bridgehead atoms. The third-order valence-electron chi connectivity index (χ3n) is 4.35. The van der Waals surface area contributed by atoms with Crippen LogP contribution in [-0.4, -0.2) is 48.4 Å². The lowest BCUT2D eigenvalue weighted by Crippen LogP contribution is -2.37. The Kier molecular flexibility index (Phi) is 4.82.